The van der Waals surface area contributed by atoms with Crippen molar-refractivity contribution in [1.29, 1.82) is 0 Å². The Bertz CT molecular complexity index is 500. The topological polar surface area (TPSA) is 50.1 Å². The van der Waals surface area contributed by atoms with E-state index in [0.29, 0.717) is 0 Å². The summed E-state index contributed by atoms with van der Waals surface area (Å²) in [4.78, 5) is 3.93. The lowest BCUT2D eigenvalue weighted by atomic mass is 10.1. The maximum atomic E-state index is 5.29. The van der Waals surface area contributed by atoms with Crippen LogP contribution in [-0.4, -0.2) is 23.6 Å². The lowest BCUT2D eigenvalue weighted by Gasteiger charge is -2.20. The van der Waals surface area contributed by atoms with Gasteiger partial charge in [-0.3, -0.25) is 0 Å². The minimum atomic E-state index is 0.156. The molecule has 0 aliphatic rings. The van der Waals surface area contributed by atoms with Gasteiger partial charge in [-0.2, -0.15) is 0 Å². The van der Waals surface area contributed by atoms with Crippen LogP contribution in [-0.2, 0) is 0 Å². The van der Waals surface area contributed by atoms with E-state index in [1.165, 1.54) is 6.39 Å². The summed E-state index contributed by atoms with van der Waals surface area (Å²) in [5.41, 5.74) is 2.28. The molecule has 1 heterocycles. The fourth-order valence-electron chi connectivity index (χ4n) is 1.79. The molecule has 4 heteroatoms. The molecule has 1 aromatic heterocycles. The van der Waals surface area contributed by atoms with Gasteiger partial charge in [0.05, 0.1) is 6.20 Å². The van der Waals surface area contributed by atoms with E-state index < -0.39 is 0 Å². The molecule has 0 aliphatic heterocycles. The number of hydrogen-bond acceptors (Lipinski definition) is 4. The lowest BCUT2D eigenvalue weighted by molar-refractivity contribution is 0.435. The summed E-state index contributed by atoms with van der Waals surface area (Å²) < 4.78 is 5.29. The van der Waals surface area contributed by atoms with Crippen LogP contribution in [0.15, 0.2) is 41.3 Å². The Morgan fingerprint density at radius 3 is 2.74 bits per heavy atom. The Labute approximate surface area is 114 Å². The van der Waals surface area contributed by atoms with Gasteiger partial charge in [0.1, 0.15) is 0 Å². The number of nitrogens with one attached hydrogen (secondary N) is 2. The predicted molar refractivity (Wildman–Crippen MR) is 78.2 cm³/mol. The van der Waals surface area contributed by atoms with Gasteiger partial charge in [0.25, 0.3) is 0 Å². The molecule has 0 amide bonds. The van der Waals surface area contributed by atoms with Crippen LogP contribution in [0.3, 0.4) is 0 Å². The summed E-state index contributed by atoms with van der Waals surface area (Å²) in [6.45, 7) is 8.31. The smallest absolute Gasteiger partial charge is 0.181 e. The normalized spacial score (nSPS) is 11.5. The minimum Gasteiger partial charge on any atom is -0.444 e. The van der Waals surface area contributed by atoms with Crippen LogP contribution < -0.4 is 10.6 Å². The first-order valence-corrected chi connectivity index (χ1v) is 6.52. The van der Waals surface area contributed by atoms with Crippen molar-refractivity contribution in [2.45, 2.75) is 26.3 Å². The molecule has 2 N–H and O–H groups in total. The molecular weight excluding hydrogens is 238 g/mol. The highest BCUT2D eigenvalue weighted by Crippen LogP contribution is 2.21. The van der Waals surface area contributed by atoms with Crippen molar-refractivity contribution < 1.29 is 4.42 Å². The summed E-state index contributed by atoms with van der Waals surface area (Å²) in [5.74, 6) is 0.788. The fourth-order valence-corrected chi connectivity index (χ4v) is 1.79. The molecule has 0 saturated heterocycles. The largest absolute Gasteiger partial charge is 0.444 e. The van der Waals surface area contributed by atoms with E-state index in [4.69, 9.17) is 4.42 Å². The third kappa shape index (κ3) is 4.41. The molecule has 0 spiro atoms. The molecule has 0 aliphatic carbocycles. The predicted octanol–water partition coefficient (Wildman–Crippen LogP) is 3.14. The van der Waals surface area contributed by atoms with Gasteiger partial charge in [0, 0.05) is 29.9 Å². The zero-order valence-electron chi connectivity index (χ0n) is 11.7. The number of oxazole rings is 1. The summed E-state index contributed by atoms with van der Waals surface area (Å²) in [5, 5.41) is 6.84. The Morgan fingerprint density at radius 1 is 1.21 bits per heavy atom. The Hall–Kier alpha value is -1.81. The van der Waals surface area contributed by atoms with Crippen LogP contribution in [0.25, 0.3) is 11.3 Å². The van der Waals surface area contributed by atoms with E-state index in [9.17, 15) is 0 Å². The molecule has 2 aromatic rings. The molecule has 0 unspecified atom stereocenters. The van der Waals surface area contributed by atoms with Crippen molar-refractivity contribution in [2.24, 2.45) is 0 Å². The highest BCUT2D eigenvalue weighted by Gasteiger charge is 2.07. The second-order valence-electron chi connectivity index (χ2n) is 5.55. The number of hydrogen-bond donors (Lipinski definition) is 2. The Morgan fingerprint density at radius 2 is 2.05 bits per heavy atom. The number of rotatable bonds is 5. The van der Waals surface area contributed by atoms with Crippen molar-refractivity contribution in [3.63, 3.8) is 0 Å². The third-order valence-electron chi connectivity index (χ3n) is 2.69. The van der Waals surface area contributed by atoms with Gasteiger partial charge >= 0.3 is 0 Å². The zero-order valence-corrected chi connectivity index (χ0v) is 11.7. The first kappa shape index (κ1) is 13.6. The standard InChI is InChI=1S/C15H21N3O/c1-15(2,3)18-8-7-17-13-6-4-5-12(9-13)14-10-16-11-19-14/h4-6,9-11,17-18H,7-8H2,1-3H3. The quantitative estimate of drug-likeness (QED) is 0.810. The van der Waals surface area contributed by atoms with Crippen molar-refractivity contribution in [1.82, 2.24) is 10.3 Å². The van der Waals surface area contributed by atoms with E-state index in [-0.39, 0.29) is 5.54 Å². The van der Waals surface area contributed by atoms with Gasteiger partial charge in [0.2, 0.25) is 0 Å². The van der Waals surface area contributed by atoms with Gasteiger partial charge in [-0.1, -0.05) is 12.1 Å². The van der Waals surface area contributed by atoms with E-state index >= 15 is 0 Å². The molecule has 2 rings (SSSR count). The molecule has 0 atom stereocenters. The van der Waals surface area contributed by atoms with Crippen LogP contribution >= 0.6 is 0 Å². The number of nitrogens with zero attached hydrogens (tertiary/aromatic N) is 1. The summed E-state index contributed by atoms with van der Waals surface area (Å²) in [7, 11) is 0. The molecule has 0 fully saturated rings. The SMILES string of the molecule is CC(C)(C)NCCNc1cccc(-c2cnco2)c1. The fraction of sp³-hybridized carbons (Fsp3) is 0.400. The molecule has 0 radical (unpaired) electrons. The molecule has 19 heavy (non-hydrogen) atoms. The van der Waals surface area contributed by atoms with Crippen LogP contribution in [0.1, 0.15) is 20.8 Å². The van der Waals surface area contributed by atoms with Gasteiger partial charge in [0.15, 0.2) is 12.2 Å². The monoisotopic (exact) mass is 259 g/mol. The molecule has 102 valence electrons. The first-order chi connectivity index (χ1) is 9.04. The van der Waals surface area contributed by atoms with Crippen LogP contribution in [0.2, 0.25) is 0 Å². The zero-order chi connectivity index (χ0) is 13.7. The molecule has 4 nitrogen and oxygen atoms in total. The van der Waals surface area contributed by atoms with Crippen LogP contribution in [0, 0.1) is 0 Å². The summed E-state index contributed by atoms with van der Waals surface area (Å²) in [6, 6.07) is 8.14. The van der Waals surface area contributed by atoms with Crippen molar-refractivity contribution in [2.75, 3.05) is 18.4 Å². The van der Waals surface area contributed by atoms with Gasteiger partial charge in [-0.15, -0.1) is 0 Å². The van der Waals surface area contributed by atoms with Gasteiger partial charge in [-0.05, 0) is 32.9 Å². The van der Waals surface area contributed by atoms with E-state index in [1.807, 2.05) is 12.1 Å². The maximum Gasteiger partial charge on any atom is 0.181 e. The number of benzene rings is 1. The van der Waals surface area contributed by atoms with E-state index in [1.54, 1.807) is 6.20 Å². The first-order valence-electron chi connectivity index (χ1n) is 6.52. The van der Waals surface area contributed by atoms with Crippen molar-refractivity contribution >= 4 is 5.69 Å². The van der Waals surface area contributed by atoms with Crippen molar-refractivity contribution in [3.05, 3.63) is 36.9 Å². The maximum absolute atomic E-state index is 5.29. The average molecular weight is 259 g/mol. The second kappa shape index (κ2) is 5.89. The van der Waals surface area contributed by atoms with Crippen molar-refractivity contribution in [3.8, 4) is 11.3 Å². The molecule has 0 bridgehead atoms. The Kier molecular flexibility index (Phi) is 4.22. The van der Waals surface area contributed by atoms with Crippen LogP contribution in [0.4, 0.5) is 5.69 Å². The molecule has 1 aromatic carbocycles. The van der Waals surface area contributed by atoms with E-state index in [0.717, 1.165) is 30.1 Å². The Balaban J connectivity index is 1.89. The summed E-state index contributed by atoms with van der Waals surface area (Å²) in [6.07, 6.45) is 3.17. The third-order valence-corrected chi connectivity index (χ3v) is 2.69. The number of aromatic nitrogens is 1. The molecular formula is C15H21N3O. The second-order valence-corrected chi connectivity index (χ2v) is 5.55. The number of anilines is 1. The highest BCUT2D eigenvalue weighted by molar-refractivity contribution is 5.63. The minimum absolute atomic E-state index is 0.156. The van der Waals surface area contributed by atoms with Gasteiger partial charge < -0.3 is 15.1 Å². The molecule has 0 saturated carbocycles. The lowest BCUT2D eigenvalue weighted by Crippen LogP contribution is -2.38. The highest BCUT2D eigenvalue weighted by atomic mass is 16.3. The van der Waals surface area contributed by atoms with Gasteiger partial charge in [-0.25, -0.2) is 4.98 Å². The average Bonchev–Trinajstić information content (AvgIpc) is 2.88. The van der Waals surface area contributed by atoms with Crippen LogP contribution in [0.5, 0.6) is 0 Å². The summed E-state index contributed by atoms with van der Waals surface area (Å²) >= 11 is 0. The van der Waals surface area contributed by atoms with E-state index in [2.05, 4.69) is 48.5 Å².